The molecule has 0 aliphatic rings. The largest absolute Gasteiger partial charge is 0.376 e. The first-order valence-electron chi connectivity index (χ1n) is 5.26. The smallest absolute Gasteiger partial charge is 0.357 e. The third kappa shape index (κ3) is 3.97. The number of para-hydroxylation sites is 1. The number of alkyl halides is 6. The number of aliphatic hydroxyl groups is 1. The molecule has 20 heavy (non-hydrogen) atoms. The maximum absolute atomic E-state index is 12.9. The molecule has 0 radical (unpaired) electrons. The predicted molar refractivity (Wildman–Crippen MR) is 69.7 cm³/mol. The van der Waals surface area contributed by atoms with Crippen molar-refractivity contribution in [3.63, 3.8) is 0 Å². The number of hydrogen-bond donors (Lipinski definition) is 2. The molecule has 0 fully saturated rings. The van der Waals surface area contributed by atoms with Gasteiger partial charge >= 0.3 is 10.8 Å². The van der Waals surface area contributed by atoms with Gasteiger partial charge in [0.05, 0.1) is 5.69 Å². The van der Waals surface area contributed by atoms with Crippen LogP contribution in [0.3, 0.4) is 0 Å². The van der Waals surface area contributed by atoms with E-state index in [1.165, 1.54) is 0 Å². The Morgan fingerprint density at radius 2 is 1.60 bits per heavy atom. The molecule has 1 rings (SSSR count). The van der Waals surface area contributed by atoms with Gasteiger partial charge in [-0.25, -0.2) is 0 Å². The first kappa shape index (κ1) is 17.0. The molecule has 2 N–H and O–H groups in total. The van der Waals surface area contributed by atoms with Gasteiger partial charge in [-0.2, -0.15) is 22.7 Å². The van der Waals surface area contributed by atoms with Crippen LogP contribution in [-0.4, -0.2) is 27.7 Å². The summed E-state index contributed by atoms with van der Waals surface area (Å²) in [4.78, 5) is 0. The topological polar surface area (TPSA) is 44.6 Å². The predicted octanol–water partition coefficient (Wildman–Crippen LogP) is 3.87. The lowest BCUT2D eigenvalue weighted by Gasteiger charge is -2.33. The van der Waals surface area contributed by atoms with Crippen LogP contribution in [0.25, 0.3) is 0 Å². The molecule has 0 atom stereocenters. The average molecular weight is 333 g/mol. The lowest BCUT2D eigenvalue weighted by Crippen LogP contribution is -2.56. The Labute approximate surface area is 122 Å². The fraction of sp³-hybridized carbons (Fsp3) is 0.364. The van der Waals surface area contributed by atoms with E-state index in [9.17, 15) is 22.7 Å². The van der Waals surface area contributed by atoms with E-state index in [-0.39, 0.29) is 0 Å². The molecule has 3 nitrogen and oxygen atoms in total. The molecule has 0 unspecified atom stereocenters. The van der Waals surface area contributed by atoms with E-state index < -0.39 is 22.8 Å². The lowest BCUT2D eigenvalue weighted by molar-refractivity contribution is -0.212. The fourth-order valence-electron chi connectivity index (χ4n) is 1.20. The van der Waals surface area contributed by atoms with Crippen molar-refractivity contribution in [1.29, 1.82) is 0 Å². The molecule has 0 aromatic heterocycles. The summed E-state index contributed by atoms with van der Waals surface area (Å²) < 4.78 is 51.5. The van der Waals surface area contributed by atoms with Crippen LogP contribution in [0.2, 0.25) is 0 Å². The van der Waals surface area contributed by atoms with Crippen LogP contribution < -0.4 is 5.43 Å². The van der Waals surface area contributed by atoms with Crippen LogP contribution in [0.4, 0.5) is 23.2 Å². The summed E-state index contributed by atoms with van der Waals surface area (Å²) in [6.07, 6.45) is -0.612. The highest BCUT2D eigenvalue weighted by atomic mass is 35.5. The van der Waals surface area contributed by atoms with Gasteiger partial charge in [-0.05, 0) is 35.3 Å². The molecule has 9 heteroatoms. The first-order valence-corrected chi connectivity index (χ1v) is 6.02. The van der Waals surface area contributed by atoms with Gasteiger partial charge < -0.3 is 5.11 Å². The third-order valence-electron chi connectivity index (χ3n) is 2.38. The summed E-state index contributed by atoms with van der Waals surface area (Å²) in [7, 11) is 0. The molecule has 0 amide bonds. The fourth-order valence-corrected chi connectivity index (χ4v) is 1.64. The normalized spacial score (nSPS) is 13.8. The van der Waals surface area contributed by atoms with Crippen molar-refractivity contribution in [2.24, 2.45) is 5.10 Å². The maximum Gasteiger partial charge on any atom is 0.357 e. The van der Waals surface area contributed by atoms with E-state index in [1.807, 2.05) is 0 Å². The minimum absolute atomic E-state index is 0.502. The van der Waals surface area contributed by atoms with Crippen LogP contribution in [0.1, 0.15) is 6.42 Å². The van der Waals surface area contributed by atoms with Gasteiger partial charge in [-0.15, -0.1) is 0 Å². The van der Waals surface area contributed by atoms with Gasteiger partial charge in [-0.3, -0.25) is 5.43 Å². The van der Waals surface area contributed by atoms with Crippen molar-refractivity contribution < 1.29 is 22.7 Å². The number of halogens is 6. The quantitative estimate of drug-likeness (QED) is 0.359. The van der Waals surface area contributed by atoms with E-state index in [0.717, 1.165) is 0 Å². The zero-order valence-corrected chi connectivity index (χ0v) is 11.3. The maximum atomic E-state index is 12.9. The Morgan fingerprint density at radius 1 is 1.10 bits per heavy atom. The standard InChI is InChI=1S/C11H10Cl2F4N2O/c12-10(14,15)9(20,11(13,16)17)6-7-18-19-8-4-2-1-3-5-8/h1-5,7,19-20H,6H2/b18-7+. The third-order valence-corrected chi connectivity index (χ3v) is 3.01. The highest BCUT2D eigenvalue weighted by Crippen LogP contribution is 2.47. The molecular formula is C11H10Cl2F4N2O. The molecule has 1 aromatic rings. The molecule has 0 aliphatic carbocycles. The summed E-state index contributed by atoms with van der Waals surface area (Å²) in [6.45, 7) is 0. The molecule has 0 heterocycles. The number of hydrogen-bond acceptors (Lipinski definition) is 3. The van der Waals surface area contributed by atoms with Crippen LogP contribution in [0.5, 0.6) is 0 Å². The number of rotatable bonds is 6. The van der Waals surface area contributed by atoms with E-state index in [1.54, 1.807) is 30.3 Å². The Balaban J connectivity index is 2.74. The average Bonchev–Trinajstić information content (AvgIpc) is 2.33. The number of nitrogens with one attached hydrogen (secondary N) is 1. The van der Waals surface area contributed by atoms with Crippen LogP contribution in [0, 0.1) is 0 Å². The molecule has 0 saturated carbocycles. The number of anilines is 1. The van der Waals surface area contributed by atoms with Gasteiger partial charge in [0.15, 0.2) is 0 Å². The highest BCUT2D eigenvalue weighted by Gasteiger charge is 2.66. The Morgan fingerprint density at radius 3 is 2.05 bits per heavy atom. The van der Waals surface area contributed by atoms with Gasteiger partial charge in [0.25, 0.3) is 0 Å². The van der Waals surface area contributed by atoms with Crippen molar-refractivity contribution in [2.45, 2.75) is 22.8 Å². The molecule has 0 aliphatic heterocycles. The van der Waals surface area contributed by atoms with Crippen LogP contribution in [0.15, 0.2) is 35.4 Å². The van der Waals surface area contributed by atoms with E-state index in [0.29, 0.717) is 11.9 Å². The monoisotopic (exact) mass is 332 g/mol. The van der Waals surface area contributed by atoms with Gasteiger partial charge in [0, 0.05) is 12.6 Å². The molecule has 0 bridgehead atoms. The van der Waals surface area contributed by atoms with Crippen molar-refractivity contribution in [2.75, 3.05) is 5.43 Å². The zero-order chi connectivity index (χ0) is 15.4. The molecule has 0 spiro atoms. The number of hydrazone groups is 1. The van der Waals surface area contributed by atoms with Crippen molar-refractivity contribution in [1.82, 2.24) is 0 Å². The van der Waals surface area contributed by atoms with Gasteiger partial charge in [0.2, 0.25) is 5.60 Å². The Hall–Kier alpha value is -1.05. The van der Waals surface area contributed by atoms with E-state index in [2.05, 4.69) is 33.7 Å². The SMILES string of the molecule is OC(C/C=N/Nc1ccccc1)(C(F)(F)Cl)C(F)(F)Cl. The van der Waals surface area contributed by atoms with Crippen molar-refractivity contribution in [3.05, 3.63) is 30.3 Å². The minimum Gasteiger partial charge on any atom is -0.376 e. The lowest BCUT2D eigenvalue weighted by atomic mass is 10.0. The molecule has 0 saturated heterocycles. The number of nitrogens with zero attached hydrogens (tertiary/aromatic N) is 1. The second-order valence-corrected chi connectivity index (χ2v) is 4.80. The first-order chi connectivity index (χ1) is 9.08. The summed E-state index contributed by atoms with van der Waals surface area (Å²) >= 11 is 8.98. The van der Waals surface area contributed by atoms with Crippen molar-refractivity contribution in [3.8, 4) is 0 Å². The summed E-state index contributed by atoms with van der Waals surface area (Å²) in [5, 5.41) is 3.48. The van der Waals surface area contributed by atoms with Gasteiger partial charge in [0.1, 0.15) is 0 Å². The van der Waals surface area contributed by atoms with E-state index >= 15 is 0 Å². The second-order valence-electron chi connectivity index (χ2n) is 3.85. The Bertz CT molecular complexity index is 446. The highest BCUT2D eigenvalue weighted by molar-refractivity contribution is 6.26. The molecular weight excluding hydrogens is 323 g/mol. The zero-order valence-electron chi connectivity index (χ0n) is 9.83. The Kier molecular flexibility index (Phi) is 5.23. The number of benzene rings is 1. The van der Waals surface area contributed by atoms with E-state index in [4.69, 9.17) is 0 Å². The van der Waals surface area contributed by atoms with Crippen LogP contribution >= 0.6 is 23.2 Å². The minimum atomic E-state index is -4.63. The summed E-state index contributed by atoms with van der Waals surface area (Å²) in [6, 6.07) is 8.30. The van der Waals surface area contributed by atoms with Gasteiger partial charge in [-0.1, -0.05) is 18.2 Å². The summed E-state index contributed by atoms with van der Waals surface area (Å²) in [5.74, 6) is 0. The van der Waals surface area contributed by atoms with Crippen molar-refractivity contribution >= 4 is 35.1 Å². The molecule has 1 aromatic carbocycles. The summed E-state index contributed by atoms with van der Waals surface area (Å²) in [5.41, 5.74) is -1.05. The van der Waals surface area contributed by atoms with Crippen LogP contribution in [-0.2, 0) is 0 Å². The second kappa shape index (κ2) is 6.15. The molecule has 112 valence electrons.